The molecule has 1 unspecified atom stereocenters. The van der Waals surface area contributed by atoms with Crippen LogP contribution in [-0.2, 0) is 13.0 Å². The summed E-state index contributed by atoms with van der Waals surface area (Å²) in [6, 6.07) is 7.54. The van der Waals surface area contributed by atoms with Crippen molar-refractivity contribution in [3.05, 3.63) is 46.1 Å². The summed E-state index contributed by atoms with van der Waals surface area (Å²) in [4.78, 5) is 24.0. The third-order valence-corrected chi connectivity index (χ3v) is 7.34. The van der Waals surface area contributed by atoms with Crippen LogP contribution >= 0.6 is 11.3 Å². The number of aliphatic hydroxyl groups is 2. The smallest absolute Gasteiger partial charge is 0.270 e. The van der Waals surface area contributed by atoms with Crippen LogP contribution in [-0.4, -0.2) is 50.7 Å². The van der Waals surface area contributed by atoms with E-state index in [1.807, 2.05) is 29.2 Å². The second-order valence-corrected chi connectivity index (χ2v) is 9.63. The molecule has 8 heteroatoms. The number of hydrogen-bond donors (Lipinski definition) is 4. The highest BCUT2D eigenvalue weighted by Gasteiger charge is 2.42. The van der Waals surface area contributed by atoms with E-state index in [9.17, 15) is 15.0 Å². The number of hydrogen-bond acceptors (Lipinski definition) is 6. The largest absolute Gasteiger partial charge is 0.396 e. The fraction of sp³-hybridized carbons (Fsp3) is 0.455. The van der Waals surface area contributed by atoms with Crippen molar-refractivity contribution in [2.24, 2.45) is 5.41 Å². The molecule has 2 aliphatic rings. The molecule has 30 heavy (non-hydrogen) atoms. The summed E-state index contributed by atoms with van der Waals surface area (Å²) in [7, 11) is 0. The molecule has 0 saturated heterocycles. The van der Waals surface area contributed by atoms with Gasteiger partial charge in [0.15, 0.2) is 5.13 Å². The van der Waals surface area contributed by atoms with Crippen molar-refractivity contribution >= 4 is 33.3 Å². The first-order valence-corrected chi connectivity index (χ1v) is 11.2. The van der Waals surface area contributed by atoms with Gasteiger partial charge in [0.05, 0.1) is 24.9 Å². The Morgan fingerprint density at radius 2 is 2.27 bits per heavy atom. The van der Waals surface area contributed by atoms with Crippen molar-refractivity contribution in [1.82, 2.24) is 14.9 Å². The number of carbonyl (C=O) groups excluding carboxylic acids is 1. The van der Waals surface area contributed by atoms with Gasteiger partial charge in [-0.05, 0) is 37.5 Å². The molecule has 3 heterocycles. The van der Waals surface area contributed by atoms with Gasteiger partial charge in [-0.2, -0.15) is 0 Å². The summed E-state index contributed by atoms with van der Waals surface area (Å²) in [5.74, 6) is -0.0338. The molecule has 4 N–H and O–H groups in total. The zero-order valence-electron chi connectivity index (χ0n) is 16.9. The Bertz CT molecular complexity index is 1100. The van der Waals surface area contributed by atoms with Crippen LogP contribution in [0.4, 0.5) is 5.13 Å². The summed E-state index contributed by atoms with van der Waals surface area (Å²) >= 11 is 1.60. The van der Waals surface area contributed by atoms with Crippen molar-refractivity contribution in [3.8, 4) is 0 Å². The lowest BCUT2D eigenvalue weighted by molar-refractivity contribution is 0.0731. The van der Waals surface area contributed by atoms with Crippen molar-refractivity contribution in [1.29, 1.82) is 0 Å². The van der Waals surface area contributed by atoms with E-state index in [1.165, 1.54) is 0 Å². The van der Waals surface area contributed by atoms with Gasteiger partial charge in [0, 0.05) is 40.7 Å². The van der Waals surface area contributed by atoms with Gasteiger partial charge in [-0.25, -0.2) is 4.98 Å². The van der Waals surface area contributed by atoms with Crippen molar-refractivity contribution < 1.29 is 15.0 Å². The highest BCUT2D eigenvalue weighted by molar-refractivity contribution is 7.15. The van der Waals surface area contributed by atoms with E-state index in [2.05, 4.69) is 10.3 Å². The number of rotatable bonds is 6. The number of carbonyl (C=O) groups is 1. The Balaban J connectivity index is 1.31. The lowest BCUT2D eigenvalue weighted by Crippen LogP contribution is -2.35. The predicted molar refractivity (Wildman–Crippen MR) is 117 cm³/mol. The van der Waals surface area contributed by atoms with Crippen LogP contribution in [0, 0.1) is 5.41 Å². The van der Waals surface area contributed by atoms with Crippen LogP contribution in [0.15, 0.2) is 24.3 Å². The van der Waals surface area contributed by atoms with Crippen LogP contribution in [0.5, 0.6) is 0 Å². The topological polar surface area (TPSA) is 101 Å². The number of aromatic amines is 1. The molecule has 3 aromatic rings. The van der Waals surface area contributed by atoms with E-state index in [0.717, 1.165) is 58.0 Å². The highest BCUT2D eigenvalue weighted by Crippen LogP contribution is 2.45. The van der Waals surface area contributed by atoms with Gasteiger partial charge in [-0.15, -0.1) is 0 Å². The van der Waals surface area contributed by atoms with E-state index < -0.39 is 6.10 Å². The molecule has 0 bridgehead atoms. The summed E-state index contributed by atoms with van der Waals surface area (Å²) in [6.07, 6.45) is 2.27. The van der Waals surface area contributed by atoms with Crippen molar-refractivity contribution in [3.63, 3.8) is 0 Å². The Labute approximate surface area is 178 Å². The molecular weight excluding hydrogens is 400 g/mol. The Morgan fingerprint density at radius 1 is 1.43 bits per heavy atom. The van der Waals surface area contributed by atoms with Gasteiger partial charge in [0.2, 0.25) is 0 Å². The van der Waals surface area contributed by atoms with E-state index in [-0.39, 0.29) is 17.9 Å². The van der Waals surface area contributed by atoms with Gasteiger partial charge >= 0.3 is 0 Å². The average molecular weight is 427 g/mol. The van der Waals surface area contributed by atoms with Gasteiger partial charge in [-0.3, -0.25) is 4.79 Å². The van der Waals surface area contributed by atoms with Crippen molar-refractivity contribution in [2.75, 3.05) is 25.0 Å². The van der Waals surface area contributed by atoms with Crippen LogP contribution in [0.25, 0.3) is 10.9 Å². The summed E-state index contributed by atoms with van der Waals surface area (Å²) in [5, 5.41) is 24.6. The number of fused-ring (bicyclic) bond motifs is 2. The average Bonchev–Trinajstić information content (AvgIpc) is 3.21. The maximum atomic E-state index is 13.1. The number of H-pyrrole nitrogens is 1. The number of aromatic nitrogens is 2. The molecule has 5 rings (SSSR count). The molecular formula is C22H26N4O3S. The predicted octanol–water partition coefficient (Wildman–Crippen LogP) is 3.06. The number of nitrogens with zero attached hydrogens (tertiary/aromatic N) is 2. The second kappa shape index (κ2) is 7.37. The minimum atomic E-state index is -0.589. The quantitative estimate of drug-likeness (QED) is 0.485. The van der Waals surface area contributed by atoms with E-state index in [4.69, 9.17) is 4.98 Å². The minimum absolute atomic E-state index is 0.0338. The van der Waals surface area contributed by atoms with Crippen LogP contribution in [0.1, 0.15) is 52.5 Å². The van der Waals surface area contributed by atoms with Gasteiger partial charge in [0.1, 0.15) is 5.69 Å². The lowest BCUT2D eigenvalue weighted by atomic mass is 10.1. The fourth-order valence-corrected chi connectivity index (χ4v) is 5.12. The van der Waals surface area contributed by atoms with E-state index in [1.54, 1.807) is 18.3 Å². The number of anilines is 1. The Hall–Kier alpha value is -2.42. The molecule has 1 aliphatic carbocycles. The molecule has 1 aromatic carbocycles. The fourth-order valence-electron chi connectivity index (χ4n) is 4.10. The maximum Gasteiger partial charge on any atom is 0.270 e. The summed E-state index contributed by atoms with van der Waals surface area (Å²) in [6.45, 7) is 3.88. The standard InChI is InChI=1S/C22H26N4O3S/c1-13(28)14-3-2-4-16-15(14)9-18(24-16)20(29)26-8-5-17-19(10-26)30-21(25-17)23-11-22(12-27)6-7-22/h2-4,9,13,24,27-28H,5-8,10-12H2,1H3,(H,23,25). The normalized spacial score (nSPS) is 18.3. The van der Waals surface area contributed by atoms with Crippen LogP contribution in [0.3, 0.4) is 0 Å². The molecule has 1 amide bonds. The van der Waals surface area contributed by atoms with Crippen molar-refractivity contribution in [2.45, 2.75) is 38.8 Å². The number of amides is 1. The van der Waals surface area contributed by atoms with Crippen LogP contribution in [0.2, 0.25) is 0 Å². The van der Waals surface area contributed by atoms with Gasteiger partial charge in [0.25, 0.3) is 5.91 Å². The summed E-state index contributed by atoms with van der Waals surface area (Å²) in [5.41, 5.74) is 3.32. The van der Waals surface area contributed by atoms with Gasteiger partial charge < -0.3 is 25.4 Å². The minimum Gasteiger partial charge on any atom is -0.396 e. The third kappa shape index (κ3) is 3.49. The summed E-state index contributed by atoms with van der Waals surface area (Å²) < 4.78 is 0. The Morgan fingerprint density at radius 3 is 3.00 bits per heavy atom. The molecule has 1 saturated carbocycles. The number of aliphatic hydroxyl groups excluding tert-OH is 2. The molecule has 1 atom stereocenters. The molecule has 2 aromatic heterocycles. The Kier molecular flexibility index (Phi) is 4.80. The monoisotopic (exact) mass is 426 g/mol. The second-order valence-electron chi connectivity index (χ2n) is 8.54. The number of nitrogens with one attached hydrogen (secondary N) is 2. The first-order chi connectivity index (χ1) is 14.5. The maximum absolute atomic E-state index is 13.1. The molecule has 0 spiro atoms. The van der Waals surface area contributed by atoms with Crippen LogP contribution < -0.4 is 5.32 Å². The number of benzene rings is 1. The zero-order valence-corrected chi connectivity index (χ0v) is 17.8. The lowest BCUT2D eigenvalue weighted by Gasteiger charge is -2.25. The number of thiazole rings is 1. The van der Waals surface area contributed by atoms with Gasteiger partial charge in [-0.1, -0.05) is 23.5 Å². The first-order valence-electron chi connectivity index (χ1n) is 10.4. The first kappa shape index (κ1) is 19.5. The molecule has 1 aliphatic heterocycles. The highest BCUT2D eigenvalue weighted by atomic mass is 32.1. The van der Waals surface area contributed by atoms with E-state index >= 15 is 0 Å². The zero-order chi connectivity index (χ0) is 20.9. The third-order valence-electron chi connectivity index (χ3n) is 6.30. The SMILES string of the molecule is CC(O)c1cccc2[nH]c(C(=O)N3CCc4nc(NCC5(CO)CC5)sc4C3)cc12. The molecule has 0 radical (unpaired) electrons. The molecule has 1 fully saturated rings. The molecule has 7 nitrogen and oxygen atoms in total. The molecule has 158 valence electrons. The van der Waals surface area contributed by atoms with E-state index in [0.29, 0.717) is 18.8 Å².